The first-order valence-corrected chi connectivity index (χ1v) is 11.5. The smallest absolute Gasteiger partial charge is 0.407 e. The summed E-state index contributed by atoms with van der Waals surface area (Å²) in [6, 6.07) is 5.94. The molecule has 3 rings (SSSR count). The van der Waals surface area contributed by atoms with Crippen LogP contribution in [0.15, 0.2) is 24.3 Å². The van der Waals surface area contributed by atoms with Crippen LogP contribution >= 0.6 is 0 Å². The molecular weight excluding hydrogens is 413 g/mol. The van der Waals surface area contributed by atoms with Crippen molar-refractivity contribution in [3.8, 4) is 0 Å². The second-order valence-corrected chi connectivity index (χ2v) is 9.49. The van der Waals surface area contributed by atoms with E-state index in [0.29, 0.717) is 17.9 Å². The van der Waals surface area contributed by atoms with Crippen LogP contribution < -0.4 is 15.4 Å². The number of benzene rings is 1. The molecule has 1 aliphatic rings. The van der Waals surface area contributed by atoms with Gasteiger partial charge in [-0.05, 0) is 51.3 Å². The van der Waals surface area contributed by atoms with Gasteiger partial charge in [0.1, 0.15) is 11.9 Å². The van der Waals surface area contributed by atoms with E-state index < -0.39 is 21.9 Å². The minimum Gasteiger partial charge on any atom is -0.446 e. The first-order valence-electron chi connectivity index (χ1n) is 9.66. The Morgan fingerprint density at radius 2 is 2.07 bits per heavy atom. The maximum Gasteiger partial charge on any atom is 0.407 e. The van der Waals surface area contributed by atoms with Gasteiger partial charge in [-0.3, -0.25) is 9.82 Å². The molecule has 2 aromatic rings. The average Bonchev–Trinajstić information content (AvgIpc) is 3.25. The van der Waals surface area contributed by atoms with Crippen molar-refractivity contribution in [3.63, 3.8) is 0 Å². The predicted octanol–water partition coefficient (Wildman–Crippen LogP) is 3.43. The van der Waals surface area contributed by atoms with Crippen LogP contribution in [0.5, 0.6) is 0 Å². The van der Waals surface area contributed by atoms with Gasteiger partial charge in [0.15, 0.2) is 5.82 Å². The summed E-state index contributed by atoms with van der Waals surface area (Å²) in [6.45, 7) is 3.75. The molecule has 1 amide bonds. The van der Waals surface area contributed by atoms with E-state index in [1.807, 2.05) is 19.9 Å². The third-order valence-corrected chi connectivity index (χ3v) is 5.23. The first kappa shape index (κ1) is 21.9. The van der Waals surface area contributed by atoms with E-state index >= 15 is 0 Å². The summed E-state index contributed by atoms with van der Waals surface area (Å²) in [6.07, 6.45) is 2.75. The van der Waals surface area contributed by atoms with Crippen molar-refractivity contribution in [1.82, 2.24) is 15.5 Å². The van der Waals surface area contributed by atoms with Gasteiger partial charge in [0.25, 0.3) is 0 Å². The van der Waals surface area contributed by atoms with Crippen LogP contribution in [0.3, 0.4) is 0 Å². The maximum atomic E-state index is 14.1. The molecule has 2 atom stereocenters. The largest absolute Gasteiger partial charge is 0.446 e. The summed E-state index contributed by atoms with van der Waals surface area (Å²) in [5.74, 6) is -0.00486. The Kier molecular flexibility index (Phi) is 6.49. The predicted molar refractivity (Wildman–Crippen MR) is 112 cm³/mol. The van der Waals surface area contributed by atoms with Crippen LogP contribution in [0.4, 0.5) is 26.4 Å². The Labute approximate surface area is 174 Å². The fraction of sp³-hybridized carbons (Fsp3) is 0.474. The van der Waals surface area contributed by atoms with Crippen LogP contribution in [0.25, 0.3) is 0 Å². The van der Waals surface area contributed by atoms with Gasteiger partial charge in [-0.25, -0.2) is 17.6 Å². The first-order chi connectivity index (χ1) is 14.1. The lowest BCUT2D eigenvalue weighted by molar-refractivity contribution is 0.0981. The third-order valence-electron chi connectivity index (χ3n) is 4.64. The molecule has 0 saturated heterocycles. The fourth-order valence-electron chi connectivity index (χ4n) is 3.38. The van der Waals surface area contributed by atoms with Gasteiger partial charge in [0.05, 0.1) is 11.9 Å². The van der Waals surface area contributed by atoms with Crippen LogP contribution in [0.2, 0.25) is 0 Å². The molecule has 1 aromatic heterocycles. The van der Waals surface area contributed by atoms with Gasteiger partial charge in [0, 0.05) is 29.4 Å². The van der Waals surface area contributed by atoms with Crippen molar-refractivity contribution >= 4 is 33.3 Å². The highest BCUT2D eigenvalue weighted by Crippen LogP contribution is 2.36. The van der Waals surface area contributed by atoms with Gasteiger partial charge < -0.3 is 15.4 Å². The number of sulfonamides is 1. The number of amides is 1. The highest BCUT2D eigenvalue weighted by Gasteiger charge is 2.30. The molecule has 1 fully saturated rings. The number of H-pyrrole nitrogens is 1. The molecule has 0 spiro atoms. The second kappa shape index (κ2) is 8.90. The number of ether oxygens (including phenoxy) is 1. The number of nitrogens with one attached hydrogen (secondary N) is 4. The summed E-state index contributed by atoms with van der Waals surface area (Å²) in [5, 5.41) is 12.9. The zero-order chi connectivity index (χ0) is 21.9. The highest BCUT2D eigenvalue weighted by molar-refractivity contribution is 7.92. The molecule has 2 unspecified atom stereocenters. The molecule has 0 aliphatic heterocycles. The monoisotopic (exact) mass is 439 g/mol. The van der Waals surface area contributed by atoms with E-state index in [0.717, 1.165) is 24.8 Å². The van der Waals surface area contributed by atoms with Crippen molar-refractivity contribution < 1.29 is 22.3 Å². The third kappa shape index (κ3) is 6.09. The summed E-state index contributed by atoms with van der Waals surface area (Å²) in [7, 11) is -3.56. The van der Waals surface area contributed by atoms with Crippen LogP contribution in [0.1, 0.15) is 44.7 Å². The number of rotatable bonds is 7. The lowest BCUT2D eigenvalue weighted by Gasteiger charge is -2.14. The van der Waals surface area contributed by atoms with E-state index in [1.165, 1.54) is 12.1 Å². The number of nitrogens with zero attached hydrogens (tertiary/aromatic N) is 1. The number of carbonyl (C=O) groups excluding carboxylic acids is 1. The average molecular weight is 440 g/mol. The van der Waals surface area contributed by atoms with Gasteiger partial charge >= 0.3 is 6.09 Å². The van der Waals surface area contributed by atoms with Gasteiger partial charge in [-0.15, -0.1) is 0 Å². The number of hydrogen-bond acceptors (Lipinski definition) is 6. The molecule has 4 N–H and O–H groups in total. The molecule has 0 radical (unpaired) electrons. The molecule has 30 heavy (non-hydrogen) atoms. The molecule has 0 bridgehead atoms. The van der Waals surface area contributed by atoms with Gasteiger partial charge in [-0.2, -0.15) is 5.10 Å². The topological polar surface area (TPSA) is 125 Å². The SMILES string of the molecule is CC(C)NC(=O)OC1CCC(c2cc(Nc3ccc(NS(C)(=O)=O)c(F)c3)n[nH]2)C1. The molecule has 164 valence electrons. The summed E-state index contributed by atoms with van der Waals surface area (Å²) < 4.78 is 44.2. The van der Waals surface area contributed by atoms with Crippen LogP contribution in [-0.2, 0) is 14.8 Å². The van der Waals surface area contributed by atoms with E-state index in [9.17, 15) is 17.6 Å². The van der Waals surface area contributed by atoms with Crippen molar-refractivity contribution in [2.24, 2.45) is 0 Å². The Balaban J connectivity index is 1.58. The van der Waals surface area contributed by atoms with Crippen LogP contribution in [-0.4, -0.2) is 43.1 Å². The Bertz CT molecular complexity index is 1010. The number of anilines is 3. The summed E-state index contributed by atoms with van der Waals surface area (Å²) in [4.78, 5) is 11.8. The van der Waals surface area contributed by atoms with Crippen LogP contribution in [0, 0.1) is 5.82 Å². The summed E-state index contributed by atoms with van der Waals surface area (Å²) >= 11 is 0. The Hall–Kier alpha value is -2.82. The number of halogens is 1. The zero-order valence-corrected chi connectivity index (χ0v) is 17.8. The van der Waals surface area contributed by atoms with Crippen molar-refractivity contribution in [2.45, 2.75) is 51.2 Å². The number of hydrogen-bond donors (Lipinski definition) is 4. The number of aromatic nitrogens is 2. The van der Waals surface area contributed by atoms with E-state index in [2.05, 4.69) is 25.6 Å². The minimum absolute atomic E-state index is 0.0250. The quantitative estimate of drug-likeness (QED) is 0.524. The fourth-order valence-corrected chi connectivity index (χ4v) is 3.95. The summed E-state index contributed by atoms with van der Waals surface area (Å²) in [5.41, 5.74) is 1.22. The molecule has 1 aliphatic carbocycles. The van der Waals surface area contributed by atoms with E-state index in [-0.39, 0.29) is 23.8 Å². The molecular formula is C19H26FN5O4S. The lowest BCUT2D eigenvalue weighted by atomic mass is 10.0. The van der Waals surface area contributed by atoms with Crippen molar-refractivity contribution in [2.75, 3.05) is 16.3 Å². The van der Waals surface area contributed by atoms with Crippen molar-refractivity contribution in [3.05, 3.63) is 35.8 Å². The molecule has 1 aromatic carbocycles. The van der Waals surface area contributed by atoms with E-state index in [1.54, 1.807) is 6.07 Å². The molecule has 9 nitrogen and oxygen atoms in total. The maximum absolute atomic E-state index is 14.1. The zero-order valence-electron chi connectivity index (χ0n) is 17.0. The minimum atomic E-state index is -3.56. The standard InChI is InChI=1S/C19H26FN5O4S/c1-11(2)21-19(26)29-14-6-4-12(8-14)17-10-18(24-23-17)22-13-5-7-16(15(20)9-13)25-30(3,27)28/h5,7,9-12,14,25H,4,6,8H2,1-3H3,(H,21,26)(H2,22,23,24). The lowest BCUT2D eigenvalue weighted by Crippen LogP contribution is -2.33. The van der Waals surface area contributed by atoms with E-state index in [4.69, 9.17) is 4.74 Å². The second-order valence-electron chi connectivity index (χ2n) is 7.74. The van der Waals surface area contributed by atoms with Crippen molar-refractivity contribution in [1.29, 1.82) is 0 Å². The number of aromatic amines is 1. The number of alkyl carbamates (subject to hydrolysis) is 1. The van der Waals surface area contributed by atoms with Gasteiger partial charge in [-0.1, -0.05) is 0 Å². The molecule has 11 heteroatoms. The normalized spacial score (nSPS) is 19.0. The van der Waals surface area contributed by atoms with Gasteiger partial charge in [0.2, 0.25) is 10.0 Å². The number of carbonyl (C=O) groups is 1. The highest BCUT2D eigenvalue weighted by atomic mass is 32.2. The Morgan fingerprint density at radius 1 is 1.30 bits per heavy atom. The molecule has 1 heterocycles. The molecule has 1 saturated carbocycles. The Morgan fingerprint density at radius 3 is 2.73 bits per heavy atom.